The van der Waals surface area contributed by atoms with Gasteiger partial charge in [-0.25, -0.2) is 10.1 Å². The van der Waals surface area contributed by atoms with Crippen LogP contribution in [0.4, 0.5) is 0 Å². The molecule has 1 radical (unpaired) electrons. The van der Waals surface area contributed by atoms with Gasteiger partial charge in [0.1, 0.15) is 12.4 Å². The lowest BCUT2D eigenvalue weighted by molar-refractivity contribution is 0.179. The highest BCUT2D eigenvalue weighted by atomic mass is 16.3. The van der Waals surface area contributed by atoms with Gasteiger partial charge in [0, 0.05) is 18.3 Å². The van der Waals surface area contributed by atoms with Crippen molar-refractivity contribution in [2.24, 2.45) is 0 Å². The van der Waals surface area contributed by atoms with Crippen LogP contribution in [0.15, 0.2) is 6.20 Å². The summed E-state index contributed by atoms with van der Waals surface area (Å²) in [5.74, 6) is 1.07. The molecule has 1 heterocycles. The maximum atomic E-state index is 10.5. The van der Waals surface area contributed by atoms with E-state index < -0.39 is 0 Å². The minimum Gasteiger partial charge on any atom is -0.330 e. The van der Waals surface area contributed by atoms with E-state index in [1.165, 1.54) is 6.42 Å². The summed E-state index contributed by atoms with van der Waals surface area (Å²) >= 11 is 0. The van der Waals surface area contributed by atoms with Crippen molar-refractivity contribution in [3.63, 3.8) is 0 Å². The lowest BCUT2D eigenvalue weighted by atomic mass is 10.2. The number of unbranched alkanes of at least 4 members (excludes halogenated alkanes) is 1. The SMILES string of the molecule is CCCCc1ncc(C)n1CC[O]. The molecule has 0 atom stereocenters. The molecular weight excluding hydrogens is 164 g/mol. The molecule has 0 spiro atoms. The molecule has 1 aromatic rings. The summed E-state index contributed by atoms with van der Waals surface area (Å²) in [6.45, 7) is 4.66. The molecule has 0 amide bonds. The summed E-state index contributed by atoms with van der Waals surface area (Å²) in [5.41, 5.74) is 1.10. The zero-order valence-electron chi connectivity index (χ0n) is 8.42. The molecule has 3 nitrogen and oxygen atoms in total. The summed E-state index contributed by atoms with van der Waals surface area (Å²) < 4.78 is 2.03. The van der Waals surface area contributed by atoms with Crippen molar-refractivity contribution in [3.8, 4) is 0 Å². The molecule has 73 valence electrons. The normalized spacial score (nSPS) is 10.7. The fourth-order valence-electron chi connectivity index (χ4n) is 1.44. The van der Waals surface area contributed by atoms with Crippen LogP contribution in [-0.4, -0.2) is 16.2 Å². The second-order valence-electron chi connectivity index (χ2n) is 3.28. The van der Waals surface area contributed by atoms with Crippen molar-refractivity contribution in [2.75, 3.05) is 6.61 Å². The number of imidazole rings is 1. The first-order valence-corrected chi connectivity index (χ1v) is 4.88. The Balaban J connectivity index is 2.68. The van der Waals surface area contributed by atoms with Crippen LogP contribution in [-0.2, 0) is 18.1 Å². The molecule has 0 saturated carbocycles. The topological polar surface area (TPSA) is 37.7 Å². The molecule has 0 aromatic carbocycles. The van der Waals surface area contributed by atoms with Gasteiger partial charge in [-0.2, -0.15) is 0 Å². The van der Waals surface area contributed by atoms with Crippen molar-refractivity contribution in [2.45, 2.75) is 39.7 Å². The van der Waals surface area contributed by atoms with Crippen LogP contribution in [0.5, 0.6) is 0 Å². The number of aromatic nitrogens is 2. The summed E-state index contributed by atoms with van der Waals surface area (Å²) in [5, 5.41) is 10.5. The fourth-order valence-corrected chi connectivity index (χ4v) is 1.44. The van der Waals surface area contributed by atoms with Gasteiger partial charge in [-0.15, -0.1) is 0 Å². The Bertz CT molecular complexity index is 255. The Hall–Kier alpha value is -0.830. The van der Waals surface area contributed by atoms with Crippen LogP contribution in [0.25, 0.3) is 0 Å². The van der Waals surface area contributed by atoms with E-state index in [0.29, 0.717) is 6.54 Å². The predicted octanol–water partition coefficient (Wildman–Crippen LogP) is 1.96. The third-order valence-electron chi connectivity index (χ3n) is 2.21. The van der Waals surface area contributed by atoms with E-state index in [4.69, 9.17) is 0 Å². The average molecular weight is 181 g/mol. The molecule has 0 N–H and O–H groups in total. The molecule has 3 heteroatoms. The molecule has 0 saturated heterocycles. The first kappa shape index (κ1) is 10.3. The maximum absolute atomic E-state index is 10.5. The minimum absolute atomic E-state index is 0.0592. The lowest BCUT2D eigenvalue weighted by Gasteiger charge is -2.06. The van der Waals surface area contributed by atoms with Crippen molar-refractivity contribution in [1.82, 2.24) is 9.55 Å². The number of rotatable bonds is 5. The molecule has 0 unspecified atom stereocenters. The van der Waals surface area contributed by atoms with Gasteiger partial charge in [0.25, 0.3) is 0 Å². The Morgan fingerprint density at radius 3 is 2.92 bits per heavy atom. The van der Waals surface area contributed by atoms with E-state index in [-0.39, 0.29) is 6.61 Å². The summed E-state index contributed by atoms with van der Waals surface area (Å²) in [6.07, 6.45) is 5.16. The van der Waals surface area contributed by atoms with Gasteiger partial charge in [-0.1, -0.05) is 13.3 Å². The van der Waals surface area contributed by atoms with E-state index in [9.17, 15) is 5.11 Å². The zero-order valence-corrected chi connectivity index (χ0v) is 8.42. The van der Waals surface area contributed by atoms with E-state index >= 15 is 0 Å². The Morgan fingerprint density at radius 2 is 2.31 bits per heavy atom. The number of hydrogen-bond acceptors (Lipinski definition) is 1. The minimum atomic E-state index is -0.0592. The predicted molar refractivity (Wildman–Crippen MR) is 51.1 cm³/mol. The Labute approximate surface area is 79.4 Å². The van der Waals surface area contributed by atoms with E-state index in [1.54, 1.807) is 0 Å². The largest absolute Gasteiger partial charge is 0.330 e. The second kappa shape index (κ2) is 5.02. The first-order valence-electron chi connectivity index (χ1n) is 4.88. The molecule has 13 heavy (non-hydrogen) atoms. The molecule has 0 aliphatic carbocycles. The van der Waals surface area contributed by atoms with Gasteiger partial charge in [-0.3, -0.25) is 0 Å². The molecule has 0 bridgehead atoms. The van der Waals surface area contributed by atoms with Crippen molar-refractivity contribution in [3.05, 3.63) is 17.7 Å². The van der Waals surface area contributed by atoms with Gasteiger partial charge in [0.15, 0.2) is 0 Å². The zero-order chi connectivity index (χ0) is 9.68. The van der Waals surface area contributed by atoms with Gasteiger partial charge in [-0.05, 0) is 13.3 Å². The van der Waals surface area contributed by atoms with Crippen LogP contribution >= 0.6 is 0 Å². The maximum Gasteiger partial charge on any atom is 0.108 e. The monoisotopic (exact) mass is 181 g/mol. The van der Waals surface area contributed by atoms with Crippen molar-refractivity contribution < 1.29 is 5.11 Å². The van der Waals surface area contributed by atoms with Crippen LogP contribution in [0.2, 0.25) is 0 Å². The average Bonchev–Trinajstić information content (AvgIpc) is 2.46. The quantitative estimate of drug-likeness (QED) is 0.684. The van der Waals surface area contributed by atoms with E-state index in [2.05, 4.69) is 11.9 Å². The lowest BCUT2D eigenvalue weighted by Crippen LogP contribution is -2.08. The number of hydrogen-bond donors (Lipinski definition) is 0. The third-order valence-corrected chi connectivity index (χ3v) is 2.21. The van der Waals surface area contributed by atoms with Gasteiger partial charge < -0.3 is 4.57 Å². The van der Waals surface area contributed by atoms with Gasteiger partial charge >= 0.3 is 0 Å². The molecule has 0 aliphatic heterocycles. The molecule has 0 fully saturated rings. The molecular formula is C10H17N2O. The Morgan fingerprint density at radius 1 is 1.54 bits per heavy atom. The fraction of sp³-hybridized carbons (Fsp3) is 0.700. The smallest absolute Gasteiger partial charge is 0.108 e. The summed E-state index contributed by atoms with van der Waals surface area (Å²) in [4.78, 5) is 4.30. The highest BCUT2D eigenvalue weighted by Crippen LogP contribution is 2.07. The summed E-state index contributed by atoms with van der Waals surface area (Å²) in [6, 6.07) is 0. The van der Waals surface area contributed by atoms with Crippen molar-refractivity contribution in [1.29, 1.82) is 0 Å². The first-order chi connectivity index (χ1) is 6.29. The van der Waals surface area contributed by atoms with Gasteiger partial charge in [0.2, 0.25) is 0 Å². The molecule has 1 aromatic heterocycles. The van der Waals surface area contributed by atoms with Crippen molar-refractivity contribution >= 4 is 0 Å². The van der Waals surface area contributed by atoms with Crippen LogP contribution < -0.4 is 0 Å². The van der Waals surface area contributed by atoms with Crippen LogP contribution in [0.1, 0.15) is 31.3 Å². The highest BCUT2D eigenvalue weighted by molar-refractivity contribution is 5.03. The summed E-state index contributed by atoms with van der Waals surface area (Å²) in [7, 11) is 0. The highest BCUT2D eigenvalue weighted by Gasteiger charge is 2.05. The number of nitrogens with zero attached hydrogens (tertiary/aromatic N) is 2. The third kappa shape index (κ3) is 2.56. The molecule has 0 aliphatic rings. The Kier molecular flexibility index (Phi) is 3.96. The van der Waals surface area contributed by atoms with Crippen LogP contribution in [0.3, 0.4) is 0 Å². The van der Waals surface area contributed by atoms with E-state index in [1.807, 2.05) is 17.7 Å². The van der Waals surface area contributed by atoms with Gasteiger partial charge in [0.05, 0.1) is 6.54 Å². The van der Waals surface area contributed by atoms with Crippen LogP contribution in [0, 0.1) is 6.92 Å². The molecule has 1 rings (SSSR count). The standard InChI is InChI=1S/C10H17N2O/c1-3-4-5-10-11-8-9(2)12(10)6-7-13/h8H,3-7H2,1-2H3. The number of aryl methyl sites for hydroxylation is 2. The van der Waals surface area contributed by atoms with E-state index in [0.717, 1.165) is 24.4 Å². The second-order valence-corrected chi connectivity index (χ2v) is 3.28.